The van der Waals surface area contributed by atoms with Crippen LogP contribution in [0.5, 0.6) is 0 Å². The first-order valence-corrected chi connectivity index (χ1v) is 10.8. The van der Waals surface area contributed by atoms with E-state index in [1.165, 1.54) is 5.56 Å². The molecule has 1 aromatic heterocycles. The van der Waals surface area contributed by atoms with Gasteiger partial charge >= 0.3 is 0 Å². The molecule has 0 N–H and O–H groups in total. The number of aromatic nitrogens is 2. The van der Waals surface area contributed by atoms with Crippen LogP contribution in [0.3, 0.4) is 0 Å². The molecule has 1 aliphatic rings. The van der Waals surface area contributed by atoms with Crippen LogP contribution < -0.4 is 4.90 Å². The van der Waals surface area contributed by atoms with Crippen molar-refractivity contribution in [2.24, 2.45) is 0 Å². The molecule has 0 atom stereocenters. The average Bonchev–Trinajstić information content (AvgIpc) is 2.98. The largest absolute Gasteiger partial charge is 0.354 e. The van der Waals surface area contributed by atoms with Crippen molar-refractivity contribution in [2.75, 3.05) is 31.1 Å². The molecule has 0 bridgehead atoms. The van der Waals surface area contributed by atoms with E-state index in [1.807, 2.05) is 42.2 Å². The summed E-state index contributed by atoms with van der Waals surface area (Å²) < 4.78 is 0. The van der Waals surface area contributed by atoms with E-state index in [0.717, 1.165) is 59.7 Å². The minimum Gasteiger partial charge on any atom is -0.354 e. The first-order valence-electron chi connectivity index (χ1n) is 10.8. The Morgan fingerprint density at radius 2 is 1.70 bits per heavy atom. The molecule has 0 spiro atoms. The minimum atomic E-state index is 0.113. The molecular formula is C25H30N4O. The molecule has 1 saturated heterocycles. The van der Waals surface area contributed by atoms with Gasteiger partial charge in [0, 0.05) is 43.0 Å². The van der Waals surface area contributed by atoms with Crippen molar-refractivity contribution < 1.29 is 4.79 Å². The quantitative estimate of drug-likeness (QED) is 0.636. The van der Waals surface area contributed by atoms with Gasteiger partial charge in [-0.25, -0.2) is 9.97 Å². The summed E-state index contributed by atoms with van der Waals surface area (Å²) in [6.07, 6.45) is 0.930. The Bertz CT molecular complexity index is 1080. The molecule has 156 valence electrons. The fourth-order valence-electron chi connectivity index (χ4n) is 4.46. The van der Waals surface area contributed by atoms with Gasteiger partial charge in [-0.1, -0.05) is 44.2 Å². The number of fused-ring (bicyclic) bond motifs is 1. The number of carbonyl (C=O) groups excluding carboxylic acids is 1. The molecule has 0 aliphatic carbocycles. The number of hydrogen-bond donors (Lipinski definition) is 0. The van der Waals surface area contributed by atoms with Crippen LogP contribution in [-0.4, -0.2) is 47.0 Å². The zero-order valence-corrected chi connectivity index (χ0v) is 18.4. The van der Waals surface area contributed by atoms with Crippen molar-refractivity contribution in [3.8, 4) is 0 Å². The standard InChI is InChI=1S/C25H30N4O/c1-17(2)23-18(3)26-19(4)27-24(23)28-12-7-13-29(15-14-28)25(30)22-11-10-20-8-5-6-9-21(20)16-22/h5-6,8-11,16-17H,7,12-15H2,1-4H3. The van der Waals surface area contributed by atoms with Gasteiger partial charge in [0.2, 0.25) is 0 Å². The second-order valence-electron chi connectivity index (χ2n) is 8.44. The Balaban J connectivity index is 1.55. The van der Waals surface area contributed by atoms with Gasteiger partial charge in [-0.3, -0.25) is 4.79 Å². The Morgan fingerprint density at radius 3 is 2.47 bits per heavy atom. The first-order chi connectivity index (χ1) is 14.4. The third-order valence-corrected chi connectivity index (χ3v) is 5.88. The summed E-state index contributed by atoms with van der Waals surface area (Å²) in [5.41, 5.74) is 3.04. The van der Waals surface area contributed by atoms with E-state index in [-0.39, 0.29) is 5.91 Å². The van der Waals surface area contributed by atoms with Crippen molar-refractivity contribution >= 4 is 22.5 Å². The van der Waals surface area contributed by atoms with Gasteiger partial charge in [0.25, 0.3) is 5.91 Å². The van der Waals surface area contributed by atoms with Crippen LogP contribution in [0.25, 0.3) is 10.8 Å². The normalized spacial score (nSPS) is 15.0. The lowest BCUT2D eigenvalue weighted by atomic mass is 10.0. The topological polar surface area (TPSA) is 49.3 Å². The molecule has 4 rings (SSSR count). The molecule has 5 heteroatoms. The van der Waals surface area contributed by atoms with Crippen molar-refractivity contribution in [1.29, 1.82) is 0 Å². The van der Waals surface area contributed by atoms with Crippen molar-refractivity contribution in [3.63, 3.8) is 0 Å². The molecule has 2 heterocycles. The van der Waals surface area contributed by atoms with Crippen LogP contribution in [0.4, 0.5) is 5.82 Å². The molecule has 1 amide bonds. The molecule has 30 heavy (non-hydrogen) atoms. The second kappa shape index (κ2) is 8.42. The molecule has 2 aromatic carbocycles. The summed E-state index contributed by atoms with van der Waals surface area (Å²) in [7, 11) is 0. The number of benzene rings is 2. The lowest BCUT2D eigenvalue weighted by Gasteiger charge is -2.27. The Labute approximate surface area is 178 Å². The molecule has 0 unspecified atom stereocenters. The minimum absolute atomic E-state index is 0.113. The molecule has 1 fully saturated rings. The average molecular weight is 403 g/mol. The van der Waals surface area contributed by atoms with Crippen LogP contribution in [0, 0.1) is 13.8 Å². The summed E-state index contributed by atoms with van der Waals surface area (Å²) in [4.78, 5) is 26.9. The van der Waals surface area contributed by atoms with E-state index in [9.17, 15) is 4.79 Å². The van der Waals surface area contributed by atoms with Crippen LogP contribution in [0.15, 0.2) is 42.5 Å². The predicted octanol–water partition coefficient (Wildman–Crippen LogP) is 4.72. The summed E-state index contributed by atoms with van der Waals surface area (Å²) in [5, 5.41) is 2.26. The Hall–Kier alpha value is -2.95. The van der Waals surface area contributed by atoms with Crippen LogP contribution in [0.1, 0.15) is 53.6 Å². The van der Waals surface area contributed by atoms with E-state index >= 15 is 0 Å². The highest BCUT2D eigenvalue weighted by Crippen LogP contribution is 2.29. The molecular weight excluding hydrogens is 372 g/mol. The molecule has 3 aromatic rings. The van der Waals surface area contributed by atoms with Crippen LogP contribution >= 0.6 is 0 Å². The van der Waals surface area contributed by atoms with Gasteiger partial charge in [0.05, 0.1) is 0 Å². The van der Waals surface area contributed by atoms with Gasteiger partial charge in [0.1, 0.15) is 11.6 Å². The maximum absolute atomic E-state index is 13.2. The fourth-order valence-corrected chi connectivity index (χ4v) is 4.46. The van der Waals surface area contributed by atoms with Gasteiger partial charge in [-0.2, -0.15) is 0 Å². The zero-order chi connectivity index (χ0) is 21.3. The maximum Gasteiger partial charge on any atom is 0.253 e. The smallest absolute Gasteiger partial charge is 0.253 e. The van der Waals surface area contributed by atoms with E-state index in [2.05, 4.69) is 42.8 Å². The zero-order valence-electron chi connectivity index (χ0n) is 18.4. The van der Waals surface area contributed by atoms with Gasteiger partial charge < -0.3 is 9.80 Å². The summed E-state index contributed by atoms with van der Waals surface area (Å²) in [6.45, 7) is 11.6. The Kier molecular flexibility index (Phi) is 5.71. The van der Waals surface area contributed by atoms with Crippen LogP contribution in [0.2, 0.25) is 0 Å². The highest BCUT2D eigenvalue weighted by molar-refractivity contribution is 5.98. The second-order valence-corrected chi connectivity index (χ2v) is 8.44. The van der Waals surface area contributed by atoms with Crippen molar-refractivity contribution in [3.05, 3.63) is 65.1 Å². The molecule has 0 saturated carbocycles. The van der Waals surface area contributed by atoms with Gasteiger partial charge in [0.15, 0.2) is 0 Å². The third kappa shape index (κ3) is 4.02. The van der Waals surface area contributed by atoms with Crippen molar-refractivity contribution in [2.45, 2.75) is 40.0 Å². The van der Waals surface area contributed by atoms with Crippen LogP contribution in [-0.2, 0) is 0 Å². The lowest BCUT2D eigenvalue weighted by molar-refractivity contribution is 0.0767. The number of hydrogen-bond acceptors (Lipinski definition) is 4. The first kappa shape index (κ1) is 20.3. The third-order valence-electron chi connectivity index (χ3n) is 5.88. The van der Waals surface area contributed by atoms with E-state index in [0.29, 0.717) is 12.5 Å². The summed E-state index contributed by atoms with van der Waals surface area (Å²) in [5.74, 6) is 2.32. The fraction of sp³-hybridized carbons (Fsp3) is 0.400. The SMILES string of the molecule is Cc1nc(C)c(C(C)C)c(N2CCCN(C(=O)c3ccc4ccccc4c3)CC2)n1. The molecule has 0 radical (unpaired) electrons. The number of aryl methyl sites for hydroxylation is 2. The van der Waals surface area contributed by atoms with Gasteiger partial charge in [-0.15, -0.1) is 0 Å². The number of nitrogens with zero attached hydrogens (tertiary/aromatic N) is 4. The van der Waals surface area contributed by atoms with E-state index in [1.54, 1.807) is 0 Å². The number of rotatable bonds is 3. The monoisotopic (exact) mass is 402 g/mol. The van der Waals surface area contributed by atoms with E-state index < -0.39 is 0 Å². The molecule has 1 aliphatic heterocycles. The van der Waals surface area contributed by atoms with Gasteiger partial charge in [-0.05, 0) is 49.1 Å². The highest BCUT2D eigenvalue weighted by atomic mass is 16.2. The maximum atomic E-state index is 13.2. The number of carbonyl (C=O) groups is 1. The Morgan fingerprint density at radius 1 is 0.933 bits per heavy atom. The number of anilines is 1. The van der Waals surface area contributed by atoms with E-state index in [4.69, 9.17) is 4.98 Å². The van der Waals surface area contributed by atoms with Crippen molar-refractivity contribution in [1.82, 2.24) is 14.9 Å². The molecule has 5 nitrogen and oxygen atoms in total. The number of amides is 1. The summed E-state index contributed by atoms with van der Waals surface area (Å²) >= 11 is 0. The lowest BCUT2D eigenvalue weighted by Crippen LogP contribution is -2.35. The summed E-state index contributed by atoms with van der Waals surface area (Å²) in [6, 6.07) is 14.2. The predicted molar refractivity (Wildman–Crippen MR) is 122 cm³/mol. The highest BCUT2D eigenvalue weighted by Gasteiger charge is 2.24.